The molecule has 2 aromatic carbocycles. The summed E-state index contributed by atoms with van der Waals surface area (Å²) in [5.41, 5.74) is 1.55. The van der Waals surface area contributed by atoms with Gasteiger partial charge < -0.3 is 24.1 Å². The van der Waals surface area contributed by atoms with Gasteiger partial charge in [0.15, 0.2) is 5.13 Å². The van der Waals surface area contributed by atoms with Gasteiger partial charge in [-0.3, -0.25) is 14.5 Å². The molecule has 39 heavy (non-hydrogen) atoms. The quantitative estimate of drug-likeness (QED) is 0.185. The first-order valence-electron chi connectivity index (χ1n) is 12.0. The van der Waals surface area contributed by atoms with Gasteiger partial charge in [-0.15, -0.1) is 0 Å². The lowest BCUT2D eigenvalue weighted by atomic mass is 9.93. The summed E-state index contributed by atoms with van der Waals surface area (Å²) in [5.74, 6) is -1.42. The second kappa shape index (κ2) is 11.2. The maximum absolute atomic E-state index is 13.6. The SMILES string of the molecule is CCOC(=O)c1sc(N2C(=O)C(=O)C(=C(O)c3ccc(OC)cc3C)[C@H]2c2cc(OC)ccc2OC)nc1C. The molecule has 0 unspecified atom stereocenters. The van der Waals surface area contributed by atoms with Gasteiger partial charge in [0.25, 0.3) is 5.78 Å². The van der Waals surface area contributed by atoms with E-state index in [1.807, 2.05) is 0 Å². The summed E-state index contributed by atoms with van der Waals surface area (Å²) < 4.78 is 21.4. The lowest BCUT2D eigenvalue weighted by Crippen LogP contribution is -2.29. The largest absolute Gasteiger partial charge is 0.507 e. The average molecular weight is 553 g/mol. The van der Waals surface area contributed by atoms with Crippen LogP contribution in [0.5, 0.6) is 17.2 Å². The van der Waals surface area contributed by atoms with E-state index in [2.05, 4.69) is 4.98 Å². The first-order valence-corrected chi connectivity index (χ1v) is 12.8. The fourth-order valence-corrected chi connectivity index (χ4v) is 5.41. The molecule has 0 saturated carbocycles. The lowest BCUT2D eigenvalue weighted by molar-refractivity contribution is -0.132. The number of methoxy groups -OCH3 is 3. The third-order valence-electron chi connectivity index (χ3n) is 6.32. The Morgan fingerprint density at radius 2 is 1.69 bits per heavy atom. The number of aliphatic hydroxyl groups excluding tert-OH is 1. The summed E-state index contributed by atoms with van der Waals surface area (Å²) in [5, 5.41) is 11.6. The molecule has 0 bridgehead atoms. The molecule has 3 aromatic rings. The summed E-state index contributed by atoms with van der Waals surface area (Å²) in [6, 6.07) is 8.78. The van der Waals surface area contributed by atoms with Crippen molar-refractivity contribution in [1.29, 1.82) is 0 Å². The molecule has 11 heteroatoms. The number of thiazole rings is 1. The fourth-order valence-electron chi connectivity index (χ4n) is 4.42. The zero-order valence-electron chi connectivity index (χ0n) is 22.4. The smallest absolute Gasteiger partial charge is 0.350 e. The molecule has 1 saturated heterocycles. The summed E-state index contributed by atoms with van der Waals surface area (Å²) in [7, 11) is 4.46. The number of carbonyl (C=O) groups is 3. The van der Waals surface area contributed by atoms with Crippen molar-refractivity contribution in [3.8, 4) is 17.2 Å². The topological polar surface area (TPSA) is 124 Å². The Hall–Kier alpha value is -4.38. The number of hydrogen-bond acceptors (Lipinski definition) is 10. The molecule has 0 radical (unpaired) electrons. The summed E-state index contributed by atoms with van der Waals surface area (Å²) >= 11 is 0.924. The Balaban J connectivity index is 2.00. The van der Waals surface area contributed by atoms with Crippen LogP contribution in [0.2, 0.25) is 0 Å². The third kappa shape index (κ3) is 4.92. The van der Waals surface area contributed by atoms with Crippen molar-refractivity contribution < 1.29 is 38.4 Å². The Morgan fingerprint density at radius 3 is 2.31 bits per heavy atom. The number of nitrogens with zero attached hydrogens (tertiary/aromatic N) is 2. The minimum Gasteiger partial charge on any atom is -0.507 e. The Labute approximate surface area is 229 Å². The fraction of sp³-hybridized carbons (Fsp3) is 0.286. The predicted octanol–water partition coefficient (Wildman–Crippen LogP) is 4.59. The predicted molar refractivity (Wildman–Crippen MR) is 145 cm³/mol. The van der Waals surface area contributed by atoms with Gasteiger partial charge in [0.1, 0.15) is 33.9 Å². The molecule has 1 atom stereocenters. The standard InChI is InChI=1S/C28H28N2O8S/c1-7-38-27(34)25-15(3)29-28(39-25)30-22(19-13-17(36-5)9-11-20(19)37-6)21(24(32)26(30)33)23(31)18-10-8-16(35-4)12-14(18)2/h8-13,22,31H,7H2,1-6H3/t22-/m1/s1. The molecule has 1 aliphatic rings. The molecular weight excluding hydrogens is 524 g/mol. The van der Waals surface area contributed by atoms with Gasteiger partial charge in [-0.25, -0.2) is 9.78 Å². The number of benzene rings is 2. The van der Waals surface area contributed by atoms with Crippen molar-refractivity contribution in [3.63, 3.8) is 0 Å². The number of rotatable bonds is 8. The van der Waals surface area contributed by atoms with Crippen LogP contribution in [-0.4, -0.2) is 55.7 Å². The van der Waals surface area contributed by atoms with Gasteiger partial charge >= 0.3 is 11.9 Å². The maximum atomic E-state index is 13.6. The molecule has 1 N–H and O–H groups in total. The zero-order chi connectivity index (χ0) is 28.4. The van der Waals surface area contributed by atoms with E-state index in [1.54, 1.807) is 57.2 Å². The van der Waals surface area contributed by atoms with Gasteiger partial charge in [-0.2, -0.15) is 0 Å². The molecule has 1 fully saturated rings. The highest BCUT2D eigenvalue weighted by Gasteiger charge is 2.49. The maximum Gasteiger partial charge on any atom is 0.350 e. The van der Waals surface area contributed by atoms with E-state index in [4.69, 9.17) is 18.9 Å². The summed E-state index contributed by atoms with van der Waals surface area (Å²) in [4.78, 5) is 45.5. The number of Topliss-reactive ketones (excluding diaryl/α,β-unsaturated/α-hetero) is 1. The molecule has 1 amide bonds. The second-order valence-corrected chi connectivity index (χ2v) is 9.57. The van der Waals surface area contributed by atoms with Crippen molar-refractivity contribution in [1.82, 2.24) is 4.98 Å². The lowest BCUT2D eigenvalue weighted by Gasteiger charge is -2.25. The highest BCUT2D eigenvalue weighted by Crippen LogP contribution is 2.47. The Bertz CT molecular complexity index is 1490. The van der Waals surface area contributed by atoms with Crippen molar-refractivity contribution >= 4 is 39.9 Å². The summed E-state index contributed by atoms with van der Waals surface area (Å²) in [6.07, 6.45) is 0. The number of aromatic nitrogens is 1. The van der Waals surface area contributed by atoms with Crippen LogP contribution >= 0.6 is 11.3 Å². The van der Waals surface area contributed by atoms with Gasteiger partial charge in [-0.1, -0.05) is 11.3 Å². The van der Waals surface area contributed by atoms with E-state index in [0.717, 1.165) is 11.3 Å². The van der Waals surface area contributed by atoms with Crippen molar-refractivity contribution in [2.75, 3.05) is 32.8 Å². The molecule has 1 aromatic heterocycles. The molecule has 4 rings (SSSR count). The van der Waals surface area contributed by atoms with Gasteiger partial charge in [0, 0.05) is 11.1 Å². The van der Waals surface area contributed by atoms with E-state index >= 15 is 0 Å². The van der Waals surface area contributed by atoms with Gasteiger partial charge in [0.05, 0.1) is 39.2 Å². The van der Waals surface area contributed by atoms with Crippen LogP contribution in [-0.2, 0) is 14.3 Å². The van der Waals surface area contributed by atoms with Crippen LogP contribution in [0.4, 0.5) is 5.13 Å². The van der Waals surface area contributed by atoms with E-state index in [-0.39, 0.29) is 27.9 Å². The van der Waals surface area contributed by atoms with Crippen LogP contribution in [0.1, 0.15) is 45.0 Å². The van der Waals surface area contributed by atoms with E-state index in [9.17, 15) is 19.5 Å². The number of aliphatic hydroxyl groups is 1. The zero-order valence-corrected chi connectivity index (χ0v) is 23.2. The Morgan fingerprint density at radius 1 is 1.03 bits per heavy atom. The van der Waals surface area contributed by atoms with Crippen LogP contribution in [0.15, 0.2) is 42.0 Å². The highest BCUT2D eigenvalue weighted by molar-refractivity contribution is 7.17. The number of ether oxygens (including phenoxy) is 4. The molecular formula is C28H28N2O8S. The van der Waals surface area contributed by atoms with Crippen molar-refractivity contribution in [3.05, 3.63) is 69.2 Å². The van der Waals surface area contributed by atoms with Crippen LogP contribution in [0, 0.1) is 13.8 Å². The third-order valence-corrected chi connectivity index (χ3v) is 7.45. The van der Waals surface area contributed by atoms with Crippen LogP contribution < -0.4 is 19.1 Å². The number of carbonyl (C=O) groups excluding carboxylic acids is 3. The van der Waals surface area contributed by atoms with Crippen molar-refractivity contribution in [2.45, 2.75) is 26.8 Å². The molecule has 204 valence electrons. The molecule has 10 nitrogen and oxygen atoms in total. The number of aryl methyl sites for hydroxylation is 2. The molecule has 1 aliphatic heterocycles. The van der Waals surface area contributed by atoms with Crippen molar-refractivity contribution in [2.24, 2.45) is 0 Å². The van der Waals surface area contributed by atoms with E-state index in [1.165, 1.54) is 26.2 Å². The molecule has 0 spiro atoms. The Kier molecular flexibility index (Phi) is 7.91. The molecule has 2 heterocycles. The summed E-state index contributed by atoms with van der Waals surface area (Å²) in [6.45, 7) is 5.22. The number of ketones is 1. The van der Waals surface area contributed by atoms with Gasteiger partial charge in [-0.05, 0) is 62.7 Å². The number of anilines is 1. The van der Waals surface area contributed by atoms with E-state index in [0.29, 0.717) is 39.6 Å². The number of esters is 1. The second-order valence-electron chi connectivity index (χ2n) is 8.59. The van der Waals surface area contributed by atoms with Crippen LogP contribution in [0.25, 0.3) is 5.76 Å². The highest BCUT2D eigenvalue weighted by atomic mass is 32.1. The molecule has 0 aliphatic carbocycles. The van der Waals surface area contributed by atoms with Gasteiger partial charge in [0.2, 0.25) is 0 Å². The minimum atomic E-state index is -1.14. The van der Waals surface area contributed by atoms with E-state index < -0.39 is 23.7 Å². The number of hydrogen-bond donors (Lipinski definition) is 1. The average Bonchev–Trinajstić information content (AvgIpc) is 3.44. The first-order chi connectivity index (χ1) is 18.7. The first kappa shape index (κ1) is 27.6. The monoisotopic (exact) mass is 552 g/mol. The number of amides is 1. The normalized spacial score (nSPS) is 16.4. The minimum absolute atomic E-state index is 0.0954. The van der Waals surface area contributed by atoms with Crippen LogP contribution in [0.3, 0.4) is 0 Å².